The van der Waals surface area contributed by atoms with Crippen LogP contribution in [0.1, 0.15) is 11.1 Å². The van der Waals surface area contributed by atoms with Crippen LogP contribution in [0.5, 0.6) is 5.75 Å². The molecule has 23 heavy (non-hydrogen) atoms. The Morgan fingerprint density at radius 2 is 1.57 bits per heavy atom. The molecule has 1 N–H and O–H groups in total. The molecule has 3 aromatic rings. The largest absolute Gasteiger partial charge is 0.488 e. The second-order valence-corrected chi connectivity index (χ2v) is 6.19. The van der Waals surface area contributed by atoms with Gasteiger partial charge in [0.15, 0.2) is 0 Å². The van der Waals surface area contributed by atoms with Gasteiger partial charge in [0.05, 0.1) is 6.61 Å². The Morgan fingerprint density at radius 3 is 2.26 bits per heavy atom. The van der Waals surface area contributed by atoms with E-state index in [0.717, 1.165) is 32.5 Å². The Balaban J connectivity index is 1.88. The molecule has 2 nitrogen and oxygen atoms in total. The molecular formula is C20H17BrO2. The number of hydrogen-bond donors (Lipinski definition) is 1. The number of rotatable bonds is 5. The summed E-state index contributed by atoms with van der Waals surface area (Å²) in [6, 6.07) is 24.0. The molecule has 0 fully saturated rings. The average molecular weight is 369 g/mol. The molecule has 3 rings (SSSR count). The predicted octanol–water partition coefficient (Wildman–Crippen LogP) is 5.19. The average Bonchev–Trinajstić information content (AvgIpc) is 2.61. The van der Waals surface area contributed by atoms with Gasteiger partial charge in [-0.3, -0.25) is 0 Å². The van der Waals surface area contributed by atoms with Gasteiger partial charge < -0.3 is 9.84 Å². The molecule has 116 valence electrons. The van der Waals surface area contributed by atoms with Crippen molar-refractivity contribution in [3.8, 4) is 16.9 Å². The molecular weight excluding hydrogens is 352 g/mol. The number of benzene rings is 3. The Labute approximate surface area is 144 Å². The second kappa shape index (κ2) is 7.44. The third-order valence-corrected chi connectivity index (χ3v) is 4.12. The van der Waals surface area contributed by atoms with Crippen molar-refractivity contribution in [2.24, 2.45) is 0 Å². The van der Waals surface area contributed by atoms with Gasteiger partial charge in [0.1, 0.15) is 12.4 Å². The van der Waals surface area contributed by atoms with E-state index in [1.165, 1.54) is 0 Å². The fraction of sp³-hybridized carbons (Fsp3) is 0.100. The van der Waals surface area contributed by atoms with Gasteiger partial charge >= 0.3 is 0 Å². The summed E-state index contributed by atoms with van der Waals surface area (Å²) in [7, 11) is 0. The number of hydrogen-bond acceptors (Lipinski definition) is 2. The maximum absolute atomic E-state index is 9.18. The monoisotopic (exact) mass is 368 g/mol. The van der Waals surface area contributed by atoms with E-state index in [1.807, 2.05) is 60.7 Å². The summed E-state index contributed by atoms with van der Waals surface area (Å²) in [6.07, 6.45) is 0. The summed E-state index contributed by atoms with van der Waals surface area (Å²) in [4.78, 5) is 0. The van der Waals surface area contributed by atoms with E-state index in [4.69, 9.17) is 4.74 Å². The van der Waals surface area contributed by atoms with Crippen molar-refractivity contribution in [2.45, 2.75) is 13.2 Å². The quantitative estimate of drug-likeness (QED) is 0.671. The zero-order chi connectivity index (χ0) is 16.1. The molecule has 0 aliphatic carbocycles. The smallest absolute Gasteiger partial charge is 0.127 e. The third kappa shape index (κ3) is 4.01. The molecule has 0 aliphatic rings. The first-order valence-electron chi connectivity index (χ1n) is 7.43. The van der Waals surface area contributed by atoms with Crippen molar-refractivity contribution in [1.82, 2.24) is 0 Å². The van der Waals surface area contributed by atoms with Crippen LogP contribution in [0.25, 0.3) is 11.1 Å². The van der Waals surface area contributed by atoms with Crippen LogP contribution in [0.3, 0.4) is 0 Å². The van der Waals surface area contributed by atoms with Crippen LogP contribution >= 0.6 is 15.9 Å². The van der Waals surface area contributed by atoms with Gasteiger partial charge in [0, 0.05) is 10.0 Å². The van der Waals surface area contributed by atoms with Crippen LogP contribution in [-0.2, 0) is 13.2 Å². The summed E-state index contributed by atoms with van der Waals surface area (Å²) < 4.78 is 7.02. The lowest BCUT2D eigenvalue weighted by Crippen LogP contribution is -1.97. The molecule has 3 aromatic carbocycles. The van der Waals surface area contributed by atoms with Crippen LogP contribution in [0.4, 0.5) is 0 Å². The normalized spacial score (nSPS) is 10.5. The number of aliphatic hydroxyl groups is 1. The van der Waals surface area contributed by atoms with E-state index in [1.54, 1.807) is 0 Å². The lowest BCUT2D eigenvalue weighted by Gasteiger charge is -2.13. The summed E-state index contributed by atoms with van der Waals surface area (Å²) in [5, 5.41) is 9.18. The lowest BCUT2D eigenvalue weighted by atomic mass is 10.0. The maximum atomic E-state index is 9.18. The van der Waals surface area contributed by atoms with Crippen molar-refractivity contribution in [3.63, 3.8) is 0 Å². The van der Waals surface area contributed by atoms with Gasteiger partial charge in [-0.25, -0.2) is 0 Å². The van der Waals surface area contributed by atoms with Gasteiger partial charge in [-0.15, -0.1) is 0 Å². The van der Waals surface area contributed by atoms with Crippen molar-refractivity contribution < 1.29 is 9.84 Å². The first-order chi connectivity index (χ1) is 11.3. The highest BCUT2D eigenvalue weighted by molar-refractivity contribution is 9.10. The molecule has 0 saturated carbocycles. The zero-order valence-electron chi connectivity index (χ0n) is 12.6. The fourth-order valence-electron chi connectivity index (χ4n) is 2.38. The number of aliphatic hydroxyl groups excluding tert-OH is 1. The lowest BCUT2D eigenvalue weighted by molar-refractivity contribution is 0.282. The van der Waals surface area contributed by atoms with Gasteiger partial charge in [-0.1, -0.05) is 70.5 Å². The molecule has 0 aromatic heterocycles. The summed E-state index contributed by atoms with van der Waals surface area (Å²) >= 11 is 3.52. The summed E-state index contributed by atoms with van der Waals surface area (Å²) in [5.41, 5.74) is 4.12. The van der Waals surface area contributed by atoms with Crippen LogP contribution in [0, 0.1) is 0 Å². The molecule has 0 atom stereocenters. The Bertz CT molecular complexity index is 767. The highest BCUT2D eigenvalue weighted by Crippen LogP contribution is 2.33. The molecule has 0 amide bonds. The molecule has 0 radical (unpaired) electrons. The molecule has 0 heterocycles. The summed E-state index contributed by atoms with van der Waals surface area (Å²) in [5.74, 6) is 0.841. The zero-order valence-corrected chi connectivity index (χ0v) is 14.2. The van der Waals surface area contributed by atoms with Gasteiger partial charge in [-0.05, 0) is 34.9 Å². The van der Waals surface area contributed by atoms with E-state index in [-0.39, 0.29) is 6.61 Å². The SMILES string of the molecule is OCc1ccc(-c2cc(Br)ccc2OCc2ccccc2)cc1. The van der Waals surface area contributed by atoms with Crippen LogP contribution in [-0.4, -0.2) is 5.11 Å². The van der Waals surface area contributed by atoms with Crippen LogP contribution in [0.2, 0.25) is 0 Å². The maximum Gasteiger partial charge on any atom is 0.127 e. The molecule has 0 bridgehead atoms. The first kappa shape index (κ1) is 15.8. The molecule has 0 saturated heterocycles. The van der Waals surface area contributed by atoms with Gasteiger partial charge in [0.25, 0.3) is 0 Å². The van der Waals surface area contributed by atoms with Crippen LogP contribution in [0.15, 0.2) is 77.3 Å². The minimum absolute atomic E-state index is 0.0517. The van der Waals surface area contributed by atoms with E-state index < -0.39 is 0 Å². The molecule has 0 aliphatic heterocycles. The number of ether oxygens (including phenoxy) is 1. The third-order valence-electron chi connectivity index (χ3n) is 3.63. The highest BCUT2D eigenvalue weighted by Gasteiger charge is 2.08. The van der Waals surface area contributed by atoms with Crippen LogP contribution < -0.4 is 4.74 Å². The van der Waals surface area contributed by atoms with Crippen molar-refractivity contribution in [2.75, 3.05) is 0 Å². The topological polar surface area (TPSA) is 29.5 Å². The van der Waals surface area contributed by atoms with E-state index in [2.05, 4.69) is 28.1 Å². The Kier molecular flexibility index (Phi) is 5.11. The van der Waals surface area contributed by atoms with E-state index in [9.17, 15) is 5.11 Å². The Morgan fingerprint density at radius 1 is 0.826 bits per heavy atom. The summed E-state index contributed by atoms with van der Waals surface area (Å²) in [6.45, 7) is 0.584. The minimum atomic E-state index is 0.0517. The fourth-order valence-corrected chi connectivity index (χ4v) is 2.74. The minimum Gasteiger partial charge on any atom is -0.488 e. The van der Waals surface area contributed by atoms with Crippen molar-refractivity contribution in [1.29, 1.82) is 0 Å². The standard InChI is InChI=1S/C20H17BrO2/c21-18-10-11-20(23-14-16-4-2-1-3-5-16)19(12-18)17-8-6-15(13-22)7-9-17/h1-12,22H,13-14H2. The van der Waals surface area contributed by atoms with Crippen molar-refractivity contribution in [3.05, 3.63) is 88.4 Å². The predicted molar refractivity (Wildman–Crippen MR) is 96.3 cm³/mol. The Hall–Kier alpha value is -2.10. The molecule has 3 heteroatoms. The molecule has 0 unspecified atom stereocenters. The molecule has 0 spiro atoms. The number of halogens is 1. The van der Waals surface area contributed by atoms with E-state index >= 15 is 0 Å². The first-order valence-corrected chi connectivity index (χ1v) is 8.22. The second-order valence-electron chi connectivity index (χ2n) is 5.27. The van der Waals surface area contributed by atoms with Crippen molar-refractivity contribution >= 4 is 15.9 Å². The van der Waals surface area contributed by atoms with Gasteiger partial charge in [-0.2, -0.15) is 0 Å². The van der Waals surface area contributed by atoms with Gasteiger partial charge in [0.2, 0.25) is 0 Å². The van der Waals surface area contributed by atoms with E-state index in [0.29, 0.717) is 6.61 Å². The highest BCUT2D eigenvalue weighted by atomic mass is 79.9.